The molecular weight excluding hydrogens is 258 g/mol. The Kier molecular flexibility index (Phi) is 4.79. The molecule has 0 aromatic carbocycles. The van der Waals surface area contributed by atoms with Gasteiger partial charge >= 0.3 is 0 Å². The van der Waals surface area contributed by atoms with Crippen LogP contribution in [0.25, 0.3) is 0 Å². The number of rotatable bonds is 2. The summed E-state index contributed by atoms with van der Waals surface area (Å²) in [5, 5.41) is 0. The van der Waals surface area contributed by atoms with Crippen molar-refractivity contribution in [2.75, 3.05) is 33.2 Å². The molecule has 1 aliphatic carbocycles. The van der Waals surface area contributed by atoms with E-state index >= 15 is 0 Å². The number of hydrogen-bond donors (Lipinski definition) is 1. The number of amides is 1. The van der Waals surface area contributed by atoms with Crippen LogP contribution in [0.3, 0.4) is 0 Å². The fraction of sp³-hybridized carbons (Fsp3) is 0.857. The molecule has 0 unspecified atom stereocenters. The fourth-order valence-electron chi connectivity index (χ4n) is 3.21. The highest BCUT2D eigenvalue weighted by atomic mass is 32.1. The first-order valence-electron chi connectivity index (χ1n) is 7.34. The zero-order valence-electron chi connectivity index (χ0n) is 11.9. The van der Waals surface area contributed by atoms with Gasteiger partial charge in [-0.3, -0.25) is 4.79 Å². The van der Waals surface area contributed by atoms with Gasteiger partial charge < -0.3 is 15.5 Å². The summed E-state index contributed by atoms with van der Waals surface area (Å²) in [4.78, 5) is 17.6. The molecule has 5 heteroatoms. The van der Waals surface area contributed by atoms with Crippen LogP contribution >= 0.6 is 12.2 Å². The molecule has 4 nitrogen and oxygen atoms in total. The summed E-state index contributed by atoms with van der Waals surface area (Å²) in [7, 11) is 2.09. The molecule has 1 saturated carbocycles. The van der Waals surface area contributed by atoms with E-state index in [4.69, 9.17) is 18.0 Å². The van der Waals surface area contributed by atoms with Crippen LogP contribution in [-0.2, 0) is 4.79 Å². The predicted molar refractivity (Wildman–Crippen MR) is 81.0 cm³/mol. The first-order chi connectivity index (χ1) is 9.06. The van der Waals surface area contributed by atoms with Gasteiger partial charge in [0.25, 0.3) is 0 Å². The van der Waals surface area contributed by atoms with E-state index in [0.29, 0.717) is 4.99 Å². The highest BCUT2D eigenvalue weighted by Gasteiger charge is 2.44. The van der Waals surface area contributed by atoms with E-state index in [1.54, 1.807) is 0 Å². The van der Waals surface area contributed by atoms with Crippen LogP contribution in [-0.4, -0.2) is 53.9 Å². The predicted octanol–water partition coefficient (Wildman–Crippen LogP) is 1.39. The van der Waals surface area contributed by atoms with Gasteiger partial charge in [-0.2, -0.15) is 0 Å². The van der Waals surface area contributed by atoms with E-state index in [1.807, 2.05) is 4.90 Å². The number of hydrogen-bond acceptors (Lipinski definition) is 3. The summed E-state index contributed by atoms with van der Waals surface area (Å²) in [5.74, 6) is 0.190. The maximum atomic E-state index is 12.9. The van der Waals surface area contributed by atoms with Crippen molar-refractivity contribution in [3.8, 4) is 0 Å². The summed E-state index contributed by atoms with van der Waals surface area (Å²) in [6.07, 6.45) is 6.20. The van der Waals surface area contributed by atoms with Gasteiger partial charge in [-0.05, 0) is 19.9 Å². The summed E-state index contributed by atoms with van der Waals surface area (Å²) in [6.45, 7) is 3.50. The molecule has 0 bridgehead atoms. The minimum Gasteiger partial charge on any atom is -0.392 e. The molecule has 0 radical (unpaired) electrons. The second kappa shape index (κ2) is 6.18. The van der Waals surface area contributed by atoms with Gasteiger partial charge in [-0.25, -0.2) is 0 Å². The molecule has 1 heterocycles. The number of piperazine rings is 1. The molecule has 2 rings (SSSR count). The lowest BCUT2D eigenvalue weighted by Crippen LogP contribution is -2.55. The Balaban J connectivity index is 2.13. The van der Waals surface area contributed by atoms with Crippen molar-refractivity contribution < 1.29 is 4.79 Å². The smallest absolute Gasteiger partial charge is 0.235 e. The highest BCUT2D eigenvalue weighted by molar-refractivity contribution is 7.80. The molecule has 19 heavy (non-hydrogen) atoms. The van der Waals surface area contributed by atoms with Crippen molar-refractivity contribution in [1.29, 1.82) is 0 Å². The Labute approximate surface area is 121 Å². The lowest BCUT2D eigenvalue weighted by atomic mass is 9.78. The van der Waals surface area contributed by atoms with Gasteiger partial charge in [0.15, 0.2) is 0 Å². The number of thiocarbonyl (C=S) groups is 1. The molecule has 1 aliphatic heterocycles. The largest absolute Gasteiger partial charge is 0.392 e. The molecule has 0 spiro atoms. The van der Waals surface area contributed by atoms with Gasteiger partial charge in [-0.1, -0.05) is 37.9 Å². The quantitative estimate of drug-likeness (QED) is 0.614. The van der Waals surface area contributed by atoms with E-state index in [0.717, 1.165) is 51.9 Å². The third kappa shape index (κ3) is 3.08. The minimum absolute atomic E-state index is 0.190. The van der Waals surface area contributed by atoms with E-state index in [2.05, 4.69) is 11.9 Å². The van der Waals surface area contributed by atoms with Crippen LogP contribution in [0.1, 0.15) is 38.5 Å². The van der Waals surface area contributed by atoms with Crippen molar-refractivity contribution >= 4 is 23.1 Å². The van der Waals surface area contributed by atoms with Gasteiger partial charge in [-0.15, -0.1) is 0 Å². The topological polar surface area (TPSA) is 49.6 Å². The minimum atomic E-state index is -0.554. The molecule has 1 saturated heterocycles. The van der Waals surface area contributed by atoms with Gasteiger partial charge in [0.1, 0.15) is 0 Å². The van der Waals surface area contributed by atoms with Gasteiger partial charge in [0, 0.05) is 26.2 Å². The number of carbonyl (C=O) groups excluding carboxylic acids is 1. The van der Waals surface area contributed by atoms with Crippen LogP contribution in [0.5, 0.6) is 0 Å². The molecule has 108 valence electrons. The first-order valence-corrected chi connectivity index (χ1v) is 7.75. The normalized spacial score (nSPS) is 24.8. The molecule has 0 aromatic heterocycles. The van der Waals surface area contributed by atoms with Gasteiger partial charge in [0.05, 0.1) is 10.4 Å². The second-order valence-electron chi connectivity index (χ2n) is 5.96. The zero-order valence-corrected chi connectivity index (χ0v) is 12.7. The summed E-state index contributed by atoms with van der Waals surface area (Å²) in [5.41, 5.74) is 5.43. The molecule has 1 amide bonds. The average molecular weight is 283 g/mol. The molecular formula is C14H25N3OS. The maximum absolute atomic E-state index is 12.9. The standard InChI is InChI=1S/C14H25N3OS/c1-16-8-10-17(11-9-16)13(18)14(12(15)19)6-4-2-3-5-7-14/h2-11H2,1H3,(H2,15,19). The van der Waals surface area contributed by atoms with Crippen molar-refractivity contribution in [3.63, 3.8) is 0 Å². The van der Waals surface area contributed by atoms with Crippen LogP contribution in [0.4, 0.5) is 0 Å². The molecule has 0 aromatic rings. The molecule has 0 atom stereocenters. The van der Waals surface area contributed by atoms with E-state index in [1.165, 1.54) is 12.8 Å². The number of nitrogens with zero attached hydrogens (tertiary/aromatic N) is 2. The summed E-state index contributed by atoms with van der Waals surface area (Å²) < 4.78 is 0. The Morgan fingerprint density at radius 3 is 2.05 bits per heavy atom. The molecule has 2 fully saturated rings. The summed E-state index contributed by atoms with van der Waals surface area (Å²) >= 11 is 5.28. The van der Waals surface area contributed by atoms with E-state index < -0.39 is 5.41 Å². The van der Waals surface area contributed by atoms with Crippen molar-refractivity contribution in [2.24, 2.45) is 11.1 Å². The van der Waals surface area contributed by atoms with Crippen LogP contribution in [0.2, 0.25) is 0 Å². The van der Waals surface area contributed by atoms with E-state index in [9.17, 15) is 4.79 Å². The van der Waals surface area contributed by atoms with Crippen LogP contribution in [0.15, 0.2) is 0 Å². The Hall–Kier alpha value is -0.680. The first kappa shape index (κ1) is 14.7. The Bertz CT molecular complexity index is 343. The summed E-state index contributed by atoms with van der Waals surface area (Å²) in [6, 6.07) is 0. The fourth-order valence-corrected chi connectivity index (χ4v) is 3.50. The highest BCUT2D eigenvalue weighted by Crippen LogP contribution is 2.37. The van der Waals surface area contributed by atoms with Crippen LogP contribution in [0, 0.1) is 5.41 Å². The van der Waals surface area contributed by atoms with Crippen molar-refractivity contribution in [1.82, 2.24) is 9.80 Å². The van der Waals surface area contributed by atoms with Crippen molar-refractivity contribution in [3.05, 3.63) is 0 Å². The Morgan fingerprint density at radius 1 is 1.05 bits per heavy atom. The average Bonchev–Trinajstić information content (AvgIpc) is 2.65. The lowest BCUT2D eigenvalue weighted by molar-refractivity contribution is -0.140. The third-order valence-electron chi connectivity index (χ3n) is 4.63. The van der Waals surface area contributed by atoms with Gasteiger partial charge in [0.2, 0.25) is 5.91 Å². The Morgan fingerprint density at radius 2 is 1.58 bits per heavy atom. The lowest BCUT2D eigenvalue weighted by Gasteiger charge is -2.39. The monoisotopic (exact) mass is 283 g/mol. The van der Waals surface area contributed by atoms with E-state index in [-0.39, 0.29) is 5.91 Å². The van der Waals surface area contributed by atoms with Crippen LogP contribution < -0.4 is 5.73 Å². The molecule has 2 aliphatic rings. The van der Waals surface area contributed by atoms with Crippen molar-refractivity contribution in [2.45, 2.75) is 38.5 Å². The maximum Gasteiger partial charge on any atom is 0.235 e. The molecule has 2 N–H and O–H groups in total. The number of likely N-dealkylation sites (N-methyl/N-ethyl adjacent to an activating group) is 1. The second-order valence-corrected chi connectivity index (χ2v) is 6.40. The number of nitrogens with two attached hydrogens (primary N) is 1. The zero-order chi connectivity index (χ0) is 13.9. The number of carbonyl (C=O) groups is 1. The third-order valence-corrected chi connectivity index (χ3v) is 5.02. The SMILES string of the molecule is CN1CCN(C(=O)C2(C(N)=S)CCCCCC2)CC1.